The number of hydrogen-bond donors (Lipinski definition) is 1. The van der Waals surface area contributed by atoms with Crippen molar-refractivity contribution < 1.29 is 4.79 Å². The minimum Gasteiger partial charge on any atom is -0.369 e. The first kappa shape index (κ1) is 25.0. The van der Waals surface area contributed by atoms with E-state index in [0.29, 0.717) is 0 Å². The number of rotatable bonds is 7. The molecule has 1 fully saturated rings. The Hall–Kier alpha value is -3.69. The Morgan fingerprint density at radius 1 is 1.19 bits per heavy atom. The van der Waals surface area contributed by atoms with Crippen LogP contribution in [0.1, 0.15) is 40.4 Å². The molecule has 2 aliphatic rings. The maximum Gasteiger partial charge on any atom is 0.316 e. The lowest BCUT2D eigenvalue weighted by molar-refractivity contribution is 0.100. The fraction of sp³-hybridized carbons (Fsp3) is 0.321. The van der Waals surface area contributed by atoms with Crippen LogP contribution < -0.4 is 5.32 Å². The molecular formula is C28H30N6O2S. The summed E-state index contributed by atoms with van der Waals surface area (Å²) in [6.07, 6.45) is 13.2. The maximum atomic E-state index is 11.7. The molecule has 0 bridgehead atoms. The van der Waals surface area contributed by atoms with Gasteiger partial charge in [-0.15, -0.1) is 16.2 Å². The minimum absolute atomic E-state index is 0.175. The molecule has 3 aromatic rings. The number of thiophene rings is 1. The number of nitroso groups, excluding NO2 is 1. The third-order valence-corrected chi connectivity index (χ3v) is 8.01. The molecular weight excluding hydrogens is 484 g/mol. The fourth-order valence-corrected chi connectivity index (χ4v) is 5.66. The molecule has 37 heavy (non-hydrogen) atoms. The summed E-state index contributed by atoms with van der Waals surface area (Å²) in [6, 6.07) is 5.30. The number of allylic oxidation sites excluding steroid dienone is 1. The lowest BCUT2D eigenvalue weighted by Crippen LogP contribution is -2.45. The van der Waals surface area contributed by atoms with Crippen LogP contribution in [0.2, 0.25) is 0 Å². The molecule has 1 atom stereocenters. The van der Waals surface area contributed by atoms with Gasteiger partial charge in [0.05, 0.1) is 10.2 Å². The van der Waals surface area contributed by atoms with Crippen molar-refractivity contribution in [2.45, 2.75) is 26.3 Å². The van der Waals surface area contributed by atoms with E-state index in [1.165, 1.54) is 5.70 Å². The fourth-order valence-electron chi connectivity index (χ4n) is 4.72. The standard InChI is InChI=1S/C28H30N6O2S/c1-3-33-12-14-34(15-13-33)24-10-8-23(9-11-24)31-27-26-25(29-18-30-27)22(17-37-26)7-6-20-16-21(28(35)32-36)5-4-19(20)2/h4-8,10-11,16-18,23H,3,9,12-15H2,1-2H3,(H,29,30,31)/b7-6+. The molecule has 1 aliphatic carbocycles. The predicted molar refractivity (Wildman–Crippen MR) is 151 cm³/mol. The molecule has 0 radical (unpaired) electrons. The highest BCUT2D eigenvalue weighted by Gasteiger charge is 2.19. The smallest absolute Gasteiger partial charge is 0.316 e. The van der Waals surface area contributed by atoms with Crippen LogP contribution in [-0.4, -0.2) is 64.4 Å². The van der Waals surface area contributed by atoms with Gasteiger partial charge in [-0.05, 0) is 49.2 Å². The van der Waals surface area contributed by atoms with Gasteiger partial charge < -0.3 is 15.1 Å². The molecule has 1 aliphatic heterocycles. The van der Waals surface area contributed by atoms with Crippen LogP contribution in [0, 0.1) is 11.8 Å². The highest BCUT2D eigenvalue weighted by atomic mass is 32.1. The summed E-state index contributed by atoms with van der Waals surface area (Å²) < 4.78 is 1.01. The third kappa shape index (κ3) is 5.52. The molecule has 3 heterocycles. The Bertz CT molecular complexity index is 1400. The summed E-state index contributed by atoms with van der Waals surface area (Å²) in [5.41, 5.74) is 5.30. The first-order valence-electron chi connectivity index (χ1n) is 12.6. The molecule has 190 valence electrons. The van der Waals surface area contributed by atoms with Gasteiger partial charge in [0.1, 0.15) is 12.1 Å². The number of carbonyl (C=O) groups is 1. The van der Waals surface area contributed by atoms with Gasteiger partial charge in [-0.3, -0.25) is 4.79 Å². The van der Waals surface area contributed by atoms with Crippen molar-refractivity contribution >= 4 is 45.4 Å². The summed E-state index contributed by atoms with van der Waals surface area (Å²) in [7, 11) is 0. The lowest BCUT2D eigenvalue weighted by atomic mass is 10.0. The van der Waals surface area contributed by atoms with E-state index in [2.05, 4.69) is 60.8 Å². The van der Waals surface area contributed by atoms with Gasteiger partial charge in [0, 0.05) is 59.6 Å². The zero-order valence-electron chi connectivity index (χ0n) is 21.1. The topological polar surface area (TPSA) is 90.8 Å². The number of carbonyl (C=O) groups excluding carboxylic acids is 1. The SMILES string of the molecule is CCN1CCN(C2=CCC(Nc3ncnc4c(/C=C/c5cc(C(=O)N=O)ccc5C)csc34)C=C2)CC1. The second kappa shape index (κ2) is 11.1. The summed E-state index contributed by atoms with van der Waals surface area (Å²) in [5.74, 6) is 0.0652. The zero-order chi connectivity index (χ0) is 25.8. The van der Waals surface area contributed by atoms with Crippen molar-refractivity contribution in [2.24, 2.45) is 5.18 Å². The highest BCUT2D eigenvalue weighted by molar-refractivity contribution is 7.18. The second-order valence-electron chi connectivity index (χ2n) is 9.29. The Kier molecular flexibility index (Phi) is 7.52. The largest absolute Gasteiger partial charge is 0.369 e. The van der Waals surface area contributed by atoms with Crippen LogP contribution in [-0.2, 0) is 0 Å². The van der Waals surface area contributed by atoms with Gasteiger partial charge in [-0.1, -0.05) is 37.3 Å². The van der Waals surface area contributed by atoms with Crippen LogP contribution in [0.4, 0.5) is 5.82 Å². The number of nitrogens with zero attached hydrogens (tertiary/aromatic N) is 5. The van der Waals surface area contributed by atoms with Gasteiger partial charge >= 0.3 is 5.91 Å². The average molecular weight is 515 g/mol. The van der Waals surface area contributed by atoms with Crippen LogP contribution in [0.15, 0.2) is 59.0 Å². The van der Waals surface area contributed by atoms with E-state index in [-0.39, 0.29) is 11.6 Å². The Morgan fingerprint density at radius 2 is 2.00 bits per heavy atom. The molecule has 2 aromatic heterocycles. The molecule has 1 amide bonds. The second-order valence-corrected chi connectivity index (χ2v) is 10.2. The molecule has 9 heteroatoms. The summed E-state index contributed by atoms with van der Waals surface area (Å²) in [4.78, 5) is 36.3. The minimum atomic E-state index is -0.767. The summed E-state index contributed by atoms with van der Waals surface area (Å²) >= 11 is 1.60. The third-order valence-electron chi connectivity index (χ3n) is 7.02. The molecule has 1 N–H and O–H groups in total. The van der Waals surface area contributed by atoms with Crippen molar-refractivity contribution in [1.29, 1.82) is 0 Å². The number of nitrogens with one attached hydrogen (secondary N) is 1. The van der Waals surface area contributed by atoms with Gasteiger partial charge in [0.15, 0.2) is 0 Å². The van der Waals surface area contributed by atoms with E-state index in [4.69, 9.17) is 0 Å². The summed E-state index contributed by atoms with van der Waals surface area (Å²) in [6.45, 7) is 9.70. The molecule has 5 rings (SSSR count). The van der Waals surface area contributed by atoms with E-state index in [9.17, 15) is 9.70 Å². The first-order valence-corrected chi connectivity index (χ1v) is 13.4. The van der Waals surface area contributed by atoms with Crippen molar-refractivity contribution in [1.82, 2.24) is 19.8 Å². The molecule has 1 unspecified atom stereocenters. The number of hydrogen-bond acceptors (Lipinski definition) is 8. The molecule has 0 saturated carbocycles. The Balaban J connectivity index is 1.28. The highest BCUT2D eigenvalue weighted by Crippen LogP contribution is 2.32. The Morgan fingerprint density at radius 3 is 2.73 bits per heavy atom. The average Bonchev–Trinajstić information content (AvgIpc) is 3.36. The number of aromatic nitrogens is 2. The van der Waals surface area contributed by atoms with E-state index < -0.39 is 5.91 Å². The van der Waals surface area contributed by atoms with E-state index in [0.717, 1.165) is 71.9 Å². The molecule has 8 nitrogen and oxygen atoms in total. The van der Waals surface area contributed by atoms with Crippen molar-refractivity contribution in [2.75, 3.05) is 38.0 Å². The van der Waals surface area contributed by atoms with Crippen LogP contribution in [0.25, 0.3) is 22.4 Å². The normalized spacial score (nSPS) is 18.4. The van der Waals surface area contributed by atoms with Gasteiger partial charge in [0.2, 0.25) is 0 Å². The van der Waals surface area contributed by atoms with Crippen LogP contribution >= 0.6 is 11.3 Å². The van der Waals surface area contributed by atoms with Crippen molar-refractivity contribution in [3.63, 3.8) is 0 Å². The quantitative estimate of drug-likeness (QED) is 0.426. The van der Waals surface area contributed by atoms with Crippen molar-refractivity contribution in [3.05, 3.63) is 81.0 Å². The molecule has 1 saturated heterocycles. The number of piperazine rings is 1. The monoisotopic (exact) mass is 514 g/mol. The predicted octanol–water partition coefficient (Wildman–Crippen LogP) is 5.34. The van der Waals surface area contributed by atoms with E-state index in [1.54, 1.807) is 29.8 Å². The number of fused-ring (bicyclic) bond motifs is 1. The molecule has 0 spiro atoms. The summed E-state index contributed by atoms with van der Waals surface area (Å²) in [5, 5.41) is 8.17. The van der Waals surface area contributed by atoms with Gasteiger partial charge in [-0.25, -0.2) is 9.97 Å². The van der Waals surface area contributed by atoms with Crippen LogP contribution in [0.5, 0.6) is 0 Å². The number of benzene rings is 1. The van der Waals surface area contributed by atoms with Crippen molar-refractivity contribution in [3.8, 4) is 0 Å². The Labute approximate surface area is 220 Å². The first-order chi connectivity index (χ1) is 18.1. The number of anilines is 1. The maximum absolute atomic E-state index is 11.7. The number of amides is 1. The van der Waals surface area contributed by atoms with Gasteiger partial charge in [0.25, 0.3) is 0 Å². The van der Waals surface area contributed by atoms with E-state index in [1.807, 2.05) is 25.1 Å². The number of likely N-dealkylation sites (N-methyl/N-ethyl adjacent to an activating group) is 1. The lowest BCUT2D eigenvalue weighted by Gasteiger charge is -2.37. The molecule has 1 aromatic carbocycles. The van der Waals surface area contributed by atoms with Crippen LogP contribution in [0.3, 0.4) is 0 Å². The van der Waals surface area contributed by atoms with Gasteiger partial charge in [-0.2, -0.15) is 0 Å². The number of aryl methyl sites for hydroxylation is 1. The van der Waals surface area contributed by atoms with E-state index >= 15 is 0 Å². The zero-order valence-corrected chi connectivity index (χ0v) is 21.9.